The molecule has 126 valence electrons. The Bertz CT molecular complexity index is 727. The molecule has 1 heterocycles. The summed E-state index contributed by atoms with van der Waals surface area (Å²) in [5.74, 6) is 0. The van der Waals surface area contributed by atoms with Crippen molar-refractivity contribution in [2.45, 2.75) is 26.7 Å². The first kappa shape index (κ1) is 16.8. The van der Waals surface area contributed by atoms with Crippen molar-refractivity contribution in [3.63, 3.8) is 0 Å². The Kier molecular flexibility index (Phi) is 5.36. The molecule has 0 aromatic heterocycles. The van der Waals surface area contributed by atoms with Gasteiger partial charge in [0.2, 0.25) is 0 Å². The number of hydrogen-bond acceptors (Lipinski definition) is 2. The largest absolute Gasteiger partial charge is 0.371 e. The molecular weight excluding hydrogens is 314 g/mol. The van der Waals surface area contributed by atoms with Crippen molar-refractivity contribution in [2.75, 3.05) is 29.9 Å². The van der Waals surface area contributed by atoms with Gasteiger partial charge in [-0.15, -0.1) is 0 Å². The Hall–Kier alpha value is -2.07. The fourth-order valence-electron chi connectivity index (χ4n) is 3.23. The van der Waals surface area contributed by atoms with Gasteiger partial charge in [0.15, 0.2) is 5.11 Å². The molecule has 0 spiro atoms. The summed E-state index contributed by atoms with van der Waals surface area (Å²) < 4.78 is 0. The predicted molar refractivity (Wildman–Crippen MR) is 107 cm³/mol. The zero-order valence-electron chi connectivity index (χ0n) is 14.4. The van der Waals surface area contributed by atoms with Gasteiger partial charge in [0.1, 0.15) is 0 Å². The number of hydrogen-bond donors (Lipinski definition) is 2. The summed E-state index contributed by atoms with van der Waals surface area (Å²) in [6.07, 6.45) is 2.24. The zero-order chi connectivity index (χ0) is 16.9. The maximum atomic E-state index is 5.40. The summed E-state index contributed by atoms with van der Waals surface area (Å²) in [6, 6.07) is 15.1. The van der Waals surface area contributed by atoms with Gasteiger partial charge >= 0.3 is 0 Å². The van der Waals surface area contributed by atoms with Crippen LogP contribution in [0.25, 0.3) is 0 Å². The minimum absolute atomic E-state index is 0.698. The smallest absolute Gasteiger partial charge is 0.170 e. The summed E-state index contributed by atoms with van der Waals surface area (Å²) >= 11 is 5.40. The number of benzene rings is 2. The Morgan fingerprint density at radius 3 is 2.83 bits per heavy atom. The molecule has 0 saturated heterocycles. The van der Waals surface area contributed by atoms with Crippen molar-refractivity contribution >= 4 is 28.7 Å². The van der Waals surface area contributed by atoms with E-state index < -0.39 is 0 Å². The molecule has 4 heteroatoms. The summed E-state index contributed by atoms with van der Waals surface area (Å²) in [4.78, 5) is 2.47. The maximum Gasteiger partial charge on any atom is 0.170 e. The van der Waals surface area contributed by atoms with E-state index in [0.717, 1.165) is 38.2 Å². The highest BCUT2D eigenvalue weighted by atomic mass is 32.1. The second-order valence-electron chi connectivity index (χ2n) is 6.42. The molecule has 2 N–H and O–H groups in total. The van der Waals surface area contributed by atoms with E-state index in [9.17, 15) is 0 Å². The monoisotopic (exact) mass is 339 g/mol. The van der Waals surface area contributed by atoms with E-state index in [0.29, 0.717) is 5.11 Å². The highest BCUT2D eigenvalue weighted by Gasteiger charge is 2.17. The second-order valence-corrected chi connectivity index (χ2v) is 6.83. The van der Waals surface area contributed by atoms with Crippen LogP contribution in [-0.2, 0) is 6.42 Å². The lowest BCUT2D eigenvalue weighted by atomic mass is 10.1. The minimum Gasteiger partial charge on any atom is -0.371 e. The molecule has 0 saturated carbocycles. The van der Waals surface area contributed by atoms with Gasteiger partial charge in [-0.05, 0) is 62.2 Å². The molecule has 3 nitrogen and oxygen atoms in total. The Labute approximate surface area is 150 Å². The van der Waals surface area contributed by atoms with Crippen LogP contribution in [0.5, 0.6) is 0 Å². The van der Waals surface area contributed by atoms with Gasteiger partial charge in [0.05, 0.1) is 0 Å². The third-order valence-corrected chi connectivity index (χ3v) is 4.75. The van der Waals surface area contributed by atoms with Gasteiger partial charge in [-0.25, -0.2) is 0 Å². The van der Waals surface area contributed by atoms with Crippen LogP contribution in [0.15, 0.2) is 42.5 Å². The fourth-order valence-corrected chi connectivity index (χ4v) is 3.44. The number of anilines is 2. The number of nitrogens with one attached hydrogen (secondary N) is 2. The van der Waals surface area contributed by atoms with Gasteiger partial charge in [0.25, 0.3) is 0 Å². The Morgan fingerprint density at radius 1 is 1.17 bits per heavy atom. The van der Waals surface area contributed by atoms with Gasteiger partial charge in [0, 0.05) is 31.0 Å². The SMILES string of the molecule is Cc1ccc(NC(=S)NCCCN2CCc3ccccc32)c(C)c1. The van der Waals surface area contributed by atoms with Gasteiger partial charge < -0.3 is 15.5 Å². The van der Waals surface area contributed by atoms with Crippen LogP contribution in [0.4, 0.5) is 11.4 Å². The van der Waals surface area contributed by atoms with Gasteiger partial charge in [-0.3, -0.25) is 0 Å². The molecule has 1 aliphatic rings. The van der Waals surface area contributed by atoms with Crippen LogP contribution in [0.2, 0.25) is 0 Å². The Morgan fingerprint density at radius 2 is 2.00 bits per heavy atom. The van der Waals surface area contributed by atoms with Crippen LogP contribution in [-0.4, -0.2) is 24.7 Å². The molecule has 3 rings (SSSR count). The van der Waals surface area contributed by atoms with E-state index in [1.807, 2.05) is 0 Å². The first-order chi connectivity index (χ1) is 11.6. The van der Waals surface area contributed by atoms with Crippen LogP contribution in [0, 0.1) is 13.8 Å². The number of nitrogens with zero attached hydrogens (tertiary/aromatic N) is 1. The van der Waals surface area contributed by atoms with Crippen LogP contribution >= 0.6 is 12.2 Å². The van der Waals surface area contributed by atoms with Crippen molar-refractivity contribution in [3.8, 4) is 0 Å². The zero-order valence-corrected chi connectivity index (χ0v) is 15.2. The lowest BCUT2D eigenvalue weighted by molar-refractivity contribution is 0.730. The summed E-state index contributed by atoms with van der Waals surface area (Å²) in [5, 5.41) is 7.30. The van der Waals surface area contributed by atoms with E-state index in [1.54, 1.807) is 0 Å². The fraction of sp³-hybridized carbons (Fsp3) is 0.350. The van der Waals surface area contributed by atoms with Crippen molar-refractivity contribution in [3.05, 3.63) is 59.2 Å². The molecule has 0 bridgehead atoms. The second kappa shape index (κ2) is 7.67. The minimum atomic E-state index is 0.698. The molecule has 2 aromatic rings. The number of fused-ring (bicyclic) bond motifs is 1. The van der Waals surface area contributed by atoms with Gasteiger partial charge in [-0.1, -0.05) is 35.9 Å². The highest BCUT2D eigenvalue weighted by Crippen LogP contribution is 2.27. The molecule has 0 aliphatic carbocycles. The molecular formula is C20H25N3S. The lowest BCUT2D eigenvalue weighted by Crippen LogP contribution is -2.32. The first-order valence-electron chi connectivity index (χ1n) is 8.58. The van der Waals surface area contributed by atoms with Crippen LogP contribution < -0.4 is 15.5 Å². The summed E-state index contributed by atoms with van der Waals surface area (Å²) in [6.45, 7) is 7.28. The lowest BCUT2D eigenvalue weighted by Gasteiger charge is -2.20. The highest BCUT2D eigenvalue weighted by molar-refractivity contribution is 7.80. The third kappa shape index (κ3) is 4.06. The maximum absolute atomic E-state index is 5.40. The summed E-state index contributed by atoms with van der Waals surface area (Å²) in [7, 11) is 0. The van der Waals surface area contributed by atoms with E-state index in [-0.39, 0.29) is 0 Å². The average Bonchev–Trinajstić information content (AvgIpc) is 2.98. The normalized spacial score (nSPS) is 12.8. The third-order valence-electron chi connectivity index (χ3n) is 4.50. The average molecular weight is 340 g/mol. The van der Waals surface area contributed by atoms with E-state index in [1.165, 1.54) is 22.4 Å². The molecule has 0 radical (unpaired) electrons. The quantitative estimate of drug-likeness (QED) is 0.635. The molecule has 0 unspecified atom stereocenters. The molecule has 0 fully saturated rings. The van der Waals surface area contributed by atoms with Crippen molar-refractivity contribution in [2.24, 2.45) is 0 Å². The Balaban J connectivity index is 1.41. The molecule has 0 amide bonds. The number of rotatable bonds is 5. The van der Waals surface area contributed by atoms with Crippen LogP contribution in [0.1, 0.15) is 23.1 Å². The topological polar surface area (TPSA) is 27.3 Å². The molecule has 24 heavy (non-hydrogen) atoms. The van der Waals surface area contributed by atoms with E-state index in [2.05, 4.69) is 71.8 Å². The standard InChI is InChI=1S/C20H25N3S/c1-15-8-9-18(16(2)14-15)22-20(24)21-11-5-12-23-13-10-17-6-3-4-7-19(17)23/h3-4,6-9,14H,5,10-13H2,1-2H3,(H2,21,22,24). The number of aryl methyl sites for hydroxylation is 2. The summed E-state index contributed by atoms with van der Waals surface area (Å²) in [5.41, 5.74) is 6.42. The molecule has 1 aliphatic heterocycles. The van der Waals surface area contributed by atoms with E-state index in [4.69, 9.17) is 12.2 Å². The van der Waals surface area contributed by atoms with Gasteiger partial charge in [-0.2, -0.15) is 0 Å². The van der Waals surface area contributed by atoms with Crippen LogP contribution in [0.3, 0.4) is 0 Å². The first-order valence-corrected chi connectivity index (χ1v) is 8.99. The van der Waals surface area contributed by atoms with Crippen molar-refractivity contribution in [1.29, 1.82) is 0 Å². The molecule has 2 aromatic carbocycles. The number of para-hydroxylation sites is 1. The van der Waals surface area contributed by atoms with Crippen molar-refractivity contribution in [1.82, 2.24) is 5.32 Å². The number of thiocarbonyl (C=S) groups is 1. The molecule has 0 atom stereocenters. The van der Waals surface area contributed by atoms with E-state index >= 15 is 0 Å². The van der Waals surface area contributed by atoms with Crippen molar-refractivity contribution < 1.29 is 0 Å². The predicted octanol–water partition coefficient (Wildman–Crippen LogP) is 4.04.